The van der Waals surface area contributed by atoms with E-state index in [-0.39, 0.29) is 11.5 Å². The largest absolute Gasteiger partial charge is 0.417 e. The zero-order valence-electron chi connectivity index (χ0n) is 15.7. The molecule has 1 amide bonds. The molecule has 5 rings (SSSR count). The van der Waals surface area contributed by atoms with Crippen LogP contribution in [0.4, 0.5) is 13.2 Å². The van der Waals surface area contributed by atoms with Gasteiger partial charge in [-0.3, -0.25) is 9.59 Å². The minimum absolute atomic E-state index is 0.0645. The number of carbonyl (C=O) groups excluding carboxylic acids is 1. The van der Waals surface area contributed by atoms with E-state index in [9.17, 15) is 22.8 Å². The molecule has 4 aliphatic rings. The van der Waals surface area contributed by atoms with Gasteiger partial charge in [0.05, 0.1) is 5.56 Å². The van der Waals surface area contributed by atoms with Crippen molar-refractivity contribution in [2.45, 2.75) is 64.2 Å². The molecule has 154 valence electrons. The Balaban J connectivity index is 1.48. The van der Waals surface area contributed by atoms with E-state index >= 15 is 0 Å². The van der Waals surface area contributed by atoms with Crippen molar-refractivity contribution in [3.63, 3.8) is 0 Å². The van der Waals surface area contributed by atoms with Gasteiger partial charge < -0.3 is 9.88 Å². The Morgan fingerprint density at radius 2 is 1.79 bits per heavy atom. The number of hydrogen-bond acceptors (Lipinski definition) is 2. The van der Waals surface area contributed by atoms with Crippen LogP contribution in [0, 0.1) is 23.2 Å². The predicted octanol–water partition coefficient (Wildman–Crippen LogP) is 4.24. The number of aromatic nitrogens is 1. The lowest BCUT2D eigenvalue weighted by atomic mass is 9.48. The van der Waals surface area contributed by atoms with Crippen LogP contribution in [0.5, 0.6) is 0 Å². The quantitative estimate of drug-likeness (QED) is 0.798. The standard InChI is InChI=1S/C20H24ClF3N2O2/c1-11(19-6-12-2-13(7-19)4-14(3-12)8-19)25-17(27)10-26-9-15(20(22,23)24)5-16(21)18(26)28/h5,9,11-14H,2-4,6-8,10H2,1H3,(H,25,27)/t11-,12?,13?,14?,19?/m0/s1. The van der Waals surface area contributed by atoms with E-state index in [1.54, 1.807) is 0 Å². The molecule has 4 aliphatic carbocycles. The third kappa shape index (κ3) is 3.58. The second-order valence-corrected chi connectivity index (χ2v) is 9.48. The van der Waals surface area contributed by atoms with Crippen molar-refractivity contribution in [1.29, 1.82) is 0 Å². The van der Waals surface area contributed by atoms with Gasteiger partial charge in [0, 0.05) is 12.2 Å². The van der Waals surface area contributed by atoms with E-state index in [1.807, 2.05) is 6.92 Å². The van der Waals surface area contributed by atoms with Crippen LogP contribution in [-0.4, -0.2) is 16.5 Å². The van der Waals surface area contributed by atoms with Crippen LogP contribution in [0.3, 0.4) is 0 Å². The van der Waals surface area contributed by atoms with Gasteiger partial charge in [0.1, 0.15) is 11.6 Å². The molecule has 4 fully saturated rings. The number of pyridine rings is 1. The first-order chi connectivity index (χ1) is 13.1. The minimum Gasteiger partial charge on any atom is -0.352 e. The molecule has 0 spiro atoms. The van der Waals surface area contributed by atoms with Crippen LogP contribution in [0.25, 0.3) is 0 Å². The summed E-state index contributed by atoms with van der Waals surface area (Å²) >= 11 is 5.66. The van der Waals surface area contributed by atoms with Gasteiger partial charge in [-0.1, -0.05) is 11.6 Å². The van der Waals surface area contributed by atoms with Gasteiger partial charge in [-0.05, 0) is 74.7 Å². The third-order valence-electron chi connectivity index (χ3n) is 7.07. The van der Waals surface area contributed by atoms with Crippen LogP contribution in [0.2, 0.25) is 5.02 Å². The van der Waals surface area contributed by atoms with Gasteiger partial charge in [0.25, 0.3) is 5.56 Å². The maximum atomic E-state index is 13.0. The highest BCUT2D eigenvalue weighted by atomic mass is 35.5. The number of carbonyl (C=O) groups is 1. The molecule has 1 atom stereocenters. The topological polar surface area (TPSA) is 51.1 Å². The number of rotatable bonds is 4. The van der Waals surface area contributed by atoms with Gasteiger partial charge in [-0.15, -0.1) is 0 Å². The number of nitrogens with zero attached hydrogens (tertiary/aromatic N) is 1. The lowest BCUT2D eigenvalue weighted by Gasteiger charge is -2.59. The molecule has 28 heavy (non-hydrogen) atoms. The molecule has 1 heterocycles. The lowest BCUT2D eigenvalue weighted by Crippen LogP contribution is -2.56. The summed E-state index contributed by atoms with van der Waals surface area (Å²) in [5, 5.41) is 2.42. The average molecular weight is 417 g/mol. The monoisotopic (exact) mass is 416 g/mol. The highest BCUT2D eigenvalue weighted by Crippen LogP contribution is 2.61. The molecular formula is C20H24ClF3N2O2. The van der Waals surface area contributed by atoms with Crippen LogP contribution >= 0.6 is 11.6 Å². The molecule has 0 saturated heterocycles. The number of alkyl halides is 3. The summed E-state index contributed by atoms with van der Waals surface area (Å²) < 4.78 is 39.7. The molecule has 0 aromatic carbocycles. The van der Waals surface area contributed by atoms with Crippen LogP contribution in [0.15, 0.2) is 17.1 Å². The number of amides is 1. The normalized spacial score (nSPS) is 32.4. The molecular weight excluding hydrogens is 393 g/mol. The molecule has 0 aliphatic heterocycles. The lowest BCUT2D eigenvalue weighted by molar-refractivity contribution is -0.138. The summed E-state index contributed by atoms with van der Waals surface area (Å²) in [4.78, 5) is 24.6. The van der Waals surface area contributed by atoms with Gasteiger partial charge in [-0.25, -0.2) is 0 Å². The van der Waals surface area contributed by atoms with Crippen molar-refractivity contribution >= 4 is 17.5 Å². The number of halogens is 4. The van der Waals surface area contributed by atoms with Crippen molar-refractivity contribution in [1.82, 2.24) is 9.88 Å². The summed E-state index contributed by atoms with van der Waals surface area (Å²) in [7, 11) is 0. The minimum atomic E-state index is -4.64. The van der Waals surface area contributed by atoms with E-state index in [0.717, 1.165) is 41.6 Å². The third-order valence-corrected chi connectivity index (χ3v) is 7.34. The van der Waals surface area contributed by atoms with E-state index in [0.29, 0.717) is 12.3 Å². The van der Waals surface area contributed by atoms with Gasteiger partial charge in [0.2, 0.25) is 5.91 Å². The van der Waals surface area contributed by atoms with Gasteiger partial charge in [0.15, 0.2) is 0 Å². The molecule has 1 aromatic heterocycles. The molecule has 0 unspecified atom stereocenters. The Morgan fingerprint density at radius 3 is 2.29 bits per heavy atom. The van der Waals surface area contributed by atoms with Crippen molar-refractivity contribution in [2.24, 2.45) is 23.2 Å². The molecule has 1 aromatic rings. The van der Waals surface area contributed by atoms with E-state index in [1.165, 1.54) is 19.3 Å². The second kappa shape index (κ2) is 6.78. The SMILES string of the molecule is C[C@H](NC(=O)Cn1cc(C(F)(F)F)cc(Cl)c1=O)C12CC3CC(CC(C3)C1)C2. The summed E-state index contributed by atoms with van der Waals surface area (Å²) in [5.74, 6) is 1.74. The zero-order valence-corrected chi connectivity index (χ0v) is 16.4. The van der Waals surface area contributed by atoms with Gasteiger partial charge in [-0.2, -0.15) is 13.2 Å². The van der Waals surface area contributed by atoms with Crippen LogP contribution in [-0.2, 0) is 17.5 Å². The Morgan fingerprint density at radius 1 is 1.25 bits per heavy atom. The Bertz CT molecular complexity index is 814. The first kappa shape index (κ1) is 19.8. The van der Waals surface area contributed by atoms with Crippen LogP contribution in [0.1, 0.15) is 51.0 Å². The van der Waals surface area contributed by atoms with E-state index in [2.05, 4.69) is 5.32 Å². The molecule has 8 heteroatoms. The number of hydrogen-bond donors (Lipinski definition) is 1. The van der Waals surface area contributed by atoms with E-state index < -0.39 is 34.8 Å². The fourth-order valence-electron chi connectivity index (χ4n) is 6.17. The van der Waals surface area contributed by atoms with Crippen molar-refractivity contribution in [2.75, 3.05) is 0 Å². The Hall–Kier alpha value is -1.50. The molecule has 0 radical (unpaired) electrons. The van der Waals surface area contributed by atoms with Gasteiger partial charge >= 0.3 is 6.18 Å². The second-order valence-electron chi connectivity index (χ2n) is 9.08. The fourth-order valence-corrected chi connectivity index (χ4v) is 6.40. The van der Waals surface area contributed by atoms with Crippen molar-refractivity contribution < 1.29 is 18.0 Å². The Kier molecular flexibility index (Phi) is 4.80. The Labute approximate surface area is 166 Å². The highest BCUT2D eigenvalue weighted by Gasteiger charge is 2.53. The summed E-state index contributed by atoms with van der Waals surface area (Å²) in [6.07, 6.45) is 3.21. The van der Waals surface area contributed by atoms with Crippen molar-refractivity contribution in [3.8, 4) is 0 Å². The molecule has 4 nitrogen and oxygen atoms in total. The maximum absolute atomic E-state index is 13.0. The summed E-state index contributed by atoms with van der Waals surface area (Å²) in [6.45, 7) is 1.52. The maximum Gasteiger partial charge on any atom is 0.417 e. The first-order valence-electron chi connectivity index (χ1n) is 9.82. The number of nitrogens with one attached hydrogen (secondary N) is 1. The summed E-state index contributed by atoms with van der Waals surface area (Å²) in [5.41, 5.74) is -1.76. The molecule has 4 saturated carbocycles. The highest BCUT2D eigenvalue weighted by molar-refractivity contribution is 6.30. The predicted molar refractivity (Wildman–Crippen MR) is 98.9 cm³/mol. The smallest absolute Gasteiger partial charge is 0.352 e. The average Bonchev–Trinajstić information content (AvgIpc) is 2.56. The molecule has 1 N–H and O–H groups in total. The summed E-state index contributed by atoms with van der Waals surface area (Å²) in [6, 6.07) is 0.529. The zero-order chi connectivity index (χ0) is 20.3. The molecule has 4 bridgehead atoms. The fraction of sp³-hybridized carbons (Fsp3) is 0.700. The van der Waals surface area contributed by atoms with E-state index in [4.69, 9.17) is 11.6 Å². The van der Waals surface area contributed by atoms with Crippen molar-refractivity contribution in [3.05, 3.63) is 33.2 Å². The first-order valence-corrected chi connectivity index (χ1v) is 10.2. The van der Waals surface area contributed by atoms with Crippen LogP contribution < -0.4 is 10.9 Å².